The molecule has 176 valence electrons. The molecular weight excluding hydrogens is 428 g/mol. The molecule has 1 saturated carbocycles. The number of hydrogen-bond acceptors (Lipinski definition) is 7. The van der Waals surface area contributed by atoms with Gasteiger partial charge in [0.25, 0.3) is 5.56 Å². The molecule has 2 fully saturated rings. The molecule has 4 aromatic rings. The van der Waals surface area contributed by atoms with Gasteiger partial charge in [0.2, 0.25) is 11.6 Å². The van der Waals surface area contributed by atoms with Gasteiger partial charge in [-0.05, 0) is 62.8 Å². The Bertz CT molecular complexity index is 1390. The van der Waals surface area contributed by atoms with E-state index in [1.807, 2.05) is 11.5 Å². The molecule has 0 amide bonds. The molecule has 9 heteroatoms. The lowest BCUT2D eigenvalue weighted by molar-refractivity contribution is 0.438. The second-order valence-corrected chi connectivity index (χ2v) is 9.76. The van der Waals surface area contributed by atoms with E-state index in [2.05, 4.69) is 56.6 Å². The van der Waals surface area contributed by atoms with Gasteiger partial charge in [-0.15, -0.1) is 10.2 Å². The molecule has 6 rings (SSSR count). The number of fused-ring (bicyclic) bond motifs is 3. The number of nitrogens with zero attached hydrogens (tertiary/aromatic N) is 7. The predicted molar refractivity (Wildman–Crippen MR) is 133 cm³/mol. The standard InChI is InChI=1S/C25H30N8O/c1-16-11-13-31(14-12-16)19-9-7-18(8-10-19)27-25-26-15-21-22(28-25)33(20-5-3-4-6-20)24(34)23-30-29-17(2)32(21)23/h7-10,15-16,20H,3-6,11-14H2,1-2H3,(H,26,27,28). The van der Waals surface area contributed by atoms with Crippen molar-refractivity contribution in [2.45, 2.75) is 58.4 Å². The molecule has 4 heterocycles. The van der Waals surface area contributed by atoms with Crippen molar-refractivity contribution in [3.05, 3.63) is 46.6 Å². The summed E-state index contributed by atoms with van der Waals surface area (Å²) in [6.45, 7) is 6.39. The molecule has 1 aliphatic heterocycles. The Morgan fingerprint density at radius 2 is 1.71 bits per heavy atom. The van der Waals surface area contributed by atoms with Gasteiger partial charge in [0.05, 0.1) is 6.20 Å². The Balaban J connectivity index is 1.36. The van der Waals surface area contributed by atoms with Crippen LogP contribution in [0, 0.1) is 12.8 Å². The Kier molecular flexibility index (Phi) is 5.19. The molecule has 3 aromatic heterocycles. The maximum atomic E-state index is 13.4. The summed E-state index contributed by atoms with van der Waals surface area (Å²) in [4.78, 5) is 25.2. The summed E-state index contributed by atoms with van der Waals surface area (Å²) in [7, 11) is 0. The quantitative estimate of drug-likeness (QED) is 0.489. The summed E-state index contributed by atoms with van der Waals surface area (Å²) in [6.07, 6.45) is 8.44. The molecule has 1 aromatic carbocycles. The molecular formula is C25H30N8O. The van der Waals surface area contributed by atoms with Crippen molar-refractivity contribution < 1.29 is 0 Å². The second kappa shape index (κ2) is 8.38. The summed E-state index contributed by atoms with van der Waals surface area (Å²) in [6, 6.07) is 8.57. The lowest BCUT2D eigenvalue weighted by atomic mass is 9.99. The van der Waals surface area contributed by atoms with E-state index in [0.29, 0.717) is 23.1 Å². The number of nitrogens with one attached hydrogen (secondary N) is 1. The molecule has 0 bridgehead atoms. The maximum absolute atomic E-state index is 13.4. The first-order valence-corrected chi connectivity index (χ1v) is 12.3. The molecule has 0 spiro atoms. The molecule has 34 heavy (non-hydrogen) atoms. The SMILES string of the molecule is Cc1nnc2c(=O)n(C3CCCC3)c3nc(Nc4ccc(N5CCC(C)CC5)cc4)ncc3n12. The van der Waals surface area contributed by atoms with Gasteiger partial charge in [0.1, 0.15) is 11.3 Å². The molecule has 0 radical (unpaired) electrons. The van der Waals surface area contributed by atoms with Crippen LogP contribution in [0.4, 0.5) is 17.3 Å². The molecule has 1 saturated heterocycles. The summed E-state index contributed by atoms with van der Waals surface area (Å²) >= 11 is 0. The van der Waals surface area contributed by atoms with E-state index in [4.69, 9.17) is 4.98 Å². The van der Waals surface area contributed by atoms with Crippen molar-refractivity contribution in [1.29, 1.82) is 0 Å². The van der Waals surface area contributed by atoms with Crippen molar-refractivity contribution in [2.75, 3.05) is 23.3 Å². The van der Waals surface area contributed by atoms with Crippen LogP contribution in [0.2, 0.25) is 0 Å². The van der Waals surface area contributed by atoms with Crippen LogP contribution < -0.4 is 15.8 Å². The van der Waals surface area contributed by atoms with Gasteiger partial charge in [0, 0.05) is 30.5 Å². The van der Waals surface area contributed by atoms with Crippen LogP contribution in [0.15, 0.2) is 35.3 Å². The summed E-state index contributed by atoms with van der Waals surface area (Å²) in [5, 5.41) is 11.6. The Hall–Kier alpha value is -3.49. The van der Waals surface area contributed by atoms with E-state index in [-0.39, 0.29) is 11.6 Å². The monoisotopic (exact) mass is 458 g/mol. The Labute approximate surface area is 197 Å². The minimum Gasteiger partial charge on any atom is -0.372 e. The molecule has 1 aliphatic carbocycles. The fourth-order valence-electron chi connectivity index (χ4n) is 5.41. The smallest absolute Gasteiger partial charge is 0.298 e. The van der Waals surface area contributed by atoms with Crippen molar-refractivity contribution in [3.8, 4) is 0 Å². The van der Waals surface area contributed by atoms with Gasteiger partial charge in [0.15, 0.2) is 5.65 Å². The first-order chi connectivity index (χ1) is 16.6. The fraction of sp³-hybridized carbons (Fsp3) is 0.480. The molecule has 9 nitrogen and oxygen atoms in total. The number of piperidine rings is 1. The summed E-state index contributed by atoms with van der Waals surface area (Å²) < 4.78 is 3.58. The number of benzene rings is 1. The Morgan fingerprint density at radius 1 is 0.971 bits per heavy atom. The first kappa shape index (κ1) is 21.1. The summed E-state index contributed by atoms with van der Waals surface area (Å²) in [5.74, 6) is 1.94. The van der Waals surface area contributed by atoms with Gasteiger partial charge in [-0.1, -0.05) is 19.8 Å². The highest BCUT2D eigenvalue weighted by Crippen LogP contribution is 2.31. The highest BCUT2D eigenvalue weighted by Gasteiger charge is 2.25. The molecule has 2 aliphatic rings. The van der Waals surface area contributed by atoms with Crippen LogP contribution in [0.5, 0.6) is 0 Å². The highest BCUT2D eigenvalue weighted by atomic mass is 16.1. The van der Waals surface area contributed by atoms with E-state index < -0.39 is 0 Å². The third-order valence-corrected chi connectivity index (χ3v) is 7.42. The van der Waals surface area contributed by atoms with Crippen molar-refractivity contribution in [3.63, 3.8) is 0 Å². The predicted octanol–water partition coefficient (Wildman–Crippen LogP) is 4.24. The van der Waals surface area contributed by atoms with Crippen LogP contribution in [0.1, 0.15) is 57.3 Å². The zero-order valence-corrected chi connectivity index (χ0v) is 19.7. The molecule has 1 N–H and O–H groups in total. The minimum atomic E-state index is -0.134. The molecule has 0 atom stereocenters. The number of anilines is 3. The van der Waals surface area contributed by atoms with Crippen LogP contribution in [0.25, 0.3) is 16.8 Å². The van der Waals surface area contributed by atoms with E-state index in [1.165, 1.54) is 18.5 Å². The van der Waals surface area contributed by atoms with Crippen LogP contribution in [0.3, 0.4) is 0 Å². The average Bonchev–Trinajstić information content (AvgIpc) is 3.51. The van der Waals surface area contributed by atoms with E-state index in [1.54, 1.807) is 10.6 Å². The largest absolute Gasteiger partial charge is 0.372 e. The lowest BCUT2D eigenvalue weighted by Crippen LogP contribution is -2.32. The minimum absolute atomic E-state index is 0.131. The number of hydrogen-bond donors (Lipinski definition) is 1. The topological polar surface area (TPSA) is 93.2 Å². The number of rotatable bonds is 4. The number of aryl methyl sites for hydroxylation is 1. The van der Waals surface area contributed by atoms with E-state index in [9.17, 15) is 4.79 Å². The highest BCUT2D eigenvalue weighted by molar-refractivity contribution is 5.75. The van der Waals surface area contributed by atoms with Crippen LogP contribution in [-0.4, -0.2) is 42.2 Å². The second-order valence-electron chi connectivity index (χ2n) is 9.76. The van der Waals surface area contributed by atoms with Gasteiger partial charge in [-0.2, -0.15) is 4.98 Å². The summed E-state index contributed by atoms with van der Waals surface area (Å²) in [5.41, 5.74) is 3.75. The molecule has 0 unspecified atom stereocenters. The van der Waals surface area contributed by atoms with E-state index >= 15 is 0 Å². The van der Waals surface area contributed by atoms with Gasteiger partial charge < -0.3 is 10.2 Å². The van der Waals surface area contributed by atoms with Gasteiger partial charge in [-0.3, -0.25) is 13.8 Å². The fourth-order valence-corrected chi connectivity index (χ4v) is 5.41. The third kappa shape index (κ3) is 3.59. The van der Waals surface area contributed by atoms with Crippen LogP contribution in [-0.2, 0) is 0 Å². The van der Waals surface area contributed by atoms with Gasteiger partial charge >= 0.3 is 0 Å². The zero-order valence-electron chi connectivity index (χ0n) is 19.7. The van der Waals surface area contributed by atoms with Crippen molar-refractivity contribution >= 4 is 34.1 Å². The number of aromatic nitrogens is 6. The first-order valence-electron chi connectivity index (χ1n) is 12.3. The van der Waals surface area contributed by atoms with E-state index in [0.717, 1.165) is 55.9 Å². The lowest BCUT2D eigenvalue weighted by Gasteiger charge is -2.32. The van der Waals surface area contributed by atoms with Crippen molar-refractivity contribution in [2.24, 2.45) is 5.92 Å². The average molecular weight is 459 g/mol. The van der Waals surface area contributed by atoms with Crippen LogP contribution >= 0.6 is 0 Å². The third-order valence-electron chi connectivity index (χ3n) is 7.42. The normalized spacial score (nSPS) is 17.8. The van der Waals surface area contributed by atoms with Gasteiger partial charge in [-0.25, -0.2) is 4.98 Å². The van der Waals surface area contributed by atoms with Crippen molar-refractivity contribution in [1.82, 2.24) is 29.1 Å². The maximum Gasteiger partial charge on any atom is 0.298 e. The zero-order chi connectivity index (χ0) is 23.2. The Morgan fingerprint density at radius 3 is 2.44 bits per heavy atom.